The number of imidazole rings is 1. The van der Waals surface area contributed by atoms with Crippen molar-refractivity contribution in [2.45, 2.75) is 50.1 Å². The summed E-state index contributed by atoms with van der Waals surface area (Å²) in [6.45, 7) is 1.09. The molecule has 11 nitrogen and oxygen atoms in total. The summed E-state index contributed by atoms with van der Waals surface area (Å²) in [5.74, 6) is 0.382. The maximum Gasteiger partial charge on any atom is 0.276 e. The maximum atomic E-state index is 12.3. The van der Waals surface area contributed by atoms with Crippen LogP contribution in [-0.4, -0.2) is 75.1 Å². The van der Waals surface area contributed by atoms with Gasteiger partial charge in [0.2, 0.25) is 5.95 Å². The first kappa shape index (κ1) is 17.5. The number of carbonyl (C=O) groups excluding carboxylic acids is 1. The molecule has 26 heavy (non-hydrogen) atoms. The number of carbonyl (C=O) groups is 1. The highest BCUT2D eigenvalue weighted by molar-refractivity contribution is 5.99. The average molecular weight is 368 g/mol. The van der Waals surface area contributed by atoms with E-state index in [-0.39, 0.29) is 5.69 Å². The molecule has 0 saturated carbocycles. The van der Waals surface area contributed by atoms with Crippen LogP contribution in [0, 0.1) is 0 Å². The van der Waals surface area contributed by atoms with E-state index in [1.165, 1.54) is 0 Å². The number of piperidine rings is 1. The summed E-state index contributed by atoms with van der Waals surface area (Å²) in [4.78, 5) is 18.8. The Labute approximate surface area is 149 Å². The summed E-state index contributed by atoms with van der Waals surface area (Å²) in [7, 11) is 0. The first-order valence-corrected chi connectivity index (χ1v) is 8.84. The van der Waals surface area contributed by atoms with E-state index in [2.05, 4.69) is 15.6 Å². The zero-order valence-corrected chi connectivity index (χ0v) is 14.2. The number of anilines is 2. The van der Waals surface area contributed by atoms with Crippen molar-refractivity contribution in [3.05, 3.63) is 5.69 Å². The Morgan fingerprint density at radius 1 is 1.19 bits per heavy atom. The highest BCUT2D eigenvalue weighted by atomic mass is 16.6. The molecule has 0 aromatic carbocycles. The van der Waals surface area contributed by atoms with Crippen LogP contribution in [0.4, 0.5) is 11.8 Å². The van der Waals surface area contributed by atoms with Crippen molar-refractivity contribution in [3.8, 4) is 0 Å². The van der Waals surface area contributed by atoms with E-state index in [4.69, 9.17) is 10.5 Å². The zero-order valence-electron chi connectivity index (χ0n) is 14.2. The van der Waals surface area contributed by atoms with Crippen molar-refractivity contribution in [2.24, 2.45) is 5.73 Å². The number of hydrogen-bond acceptors (Lipinski definition) is 9. The molecule has 1 aromatic heterocycles. The van der Waals surface area contributed by atoms with Gasteiger partial charge in [0, 0.05) is 13.1 Å². The third kappa shape index (κ3) is 2.72. The number of aliphatic hydroxyl groups is 3. The van der Waals surface area contributed by atoms with Crippen LogP contribution in [0.25, 0.3) is 0 Å². The molecule has 4 rings (SSSR count). The molecule has 1 aromatic rings. The fraction of sp³-hybridized carbons (Fsp3) is 0.733. The highest BCUT2D eigenvalue weighted by Crippen LogP contribution is 2.38. The van der Waals surface area contributed by atoms with E-state index < -0.39 is 43.3 Å². The summed E-state index contributed by atoms with van der Waals surface area (Å²) < 4.78 is 7.25. The topological polar surface area (TPSA) is 158 Å². The summed E-state index contributed by atoms with van der Waals surface area (Å²) >= 11 is 0. The fourth-order valence-corrected chi connectivity index (χ4v) is 3.76. The average Bonchev–Trinajstić information content (AvgIpc) is 3.14. The molecule has 11 heteroatoms. The molecule has 3 aliphatic rings. The first-order valence-electron chi connectivity index (χ1n) is 8.84. The Bertz CT molecular complexity index is 690. The largest absolute Gasteiger partial charge is 0.394 e. The van der Waals surface area contributed by atoms with Gasteiger partial charge in [0.25, 0.3) is 5.91 Å². The molecule has 0 radical (unpaired) electrons. The second kappa shape index (κ2) is 6.67. The molecule has 144 valence electrons. The fourth-order valence-electron chi connectivity index (χ4n) is 3.76. The van der Waals surface area contributed by atoms with Crippen LogP contribution in [0.3, 0.4) is 0 Å². The van der Waals surface area contributed by atoms with Gasteiger partial charge >= 0.3 is 0 Å². The van der Waals surface area contributed by atoms with Gasteiger partial charge in [0.05, 0.1) is 6.61 Å². The minimum absolute atomic E-state index is 0.157. The molecule has 2 saturated heterocycles. The number of fused-ring (bicyclic) bond motifs is 1. The van der Waals surface area contributed by atoms with Crippen molar-refractivity contribution >= 4 is 17.7 Å². The van der Waals surface area contributed by atoms with Crippen molar-refractivity contribution in [1.29, 1.82) is 0 Å². The SMILES string of the molecule is NC1NC(=O)c2nc(N3CCCCC3)n(C3OC(CO)C(O)C3O)c2N1. The van der Waals surface area contributed by atoms with Gasteiger partial charge in [-0.05, 0) is 19.3 Å². The Balaban J connectivity index is 1.79. The normalized spacial score (nSPS) is 34.4. The molecule has 2 fully saturated rings. The number of amides is 1. The first-order chi connectivity index (χ1) is 12.5. The second-order valence-electron chi connectivity index (χ2n) is 6.85. The van der Waals surface area contributed by atoms with Gasteiger partial charge < -0.3 is 35.6 Å². The lowest BCUT2D eigenvalue weighted by molar-refractivity contribution is -0.0513. The van der Waals surface area contributed by atoms with E-state index in [0.717, 1.165) is 32.4 Å². The van der Waals surface area contributed by atoms with Gasteiger partial charge in [-0.2, -0.15) is 0 Å². The number of nitrogens with two attached hydrogens (primary N) is 1. The van der Waals surface area contributed by atoms with Crippen LogP contribution in [0.1, 0.15) is 36.0 Å². The van der Waals surface area contributed by atoms with Gasteiger partial charge in [0.15, 0.2) is 18.2 Å². The van der Waals surface area contributed by atoms with Crippen molar-refractivity contribution in [3.63, 3.8) is 0 Å². The van der Waals surface area contributed by atoms with Gasteiger partial charge in [-0.25, -0.2) is 4.98 Å². The van der Waals surface area contributed by atoms with Crippen molar-refractivity contribution in [2.75, 3.05) is 29.9 Å². The van der Waals surface area contributed by atoms with Crippen molar-refractivity contribution in [1.82, 2.24) is 14.9 Å². The van der Waals surface area contributed by atoms with Gasteiger partial charge in [-0.1, -0.05) is 0 Å². The summed E-state index contributed by atoms with van der Waals surface area (Å²) in [5.41, 5.74) is 5.98. The quantitative estimate of drug-likeness (QED) is 0.351. The molecular weight excluding hydrogens is 344 g/mol. The minimum atomic E-state index is -1.28. The number of aliphatic hydroxyl groups excluding tert-OH is 3. The predicted octanol–water partition coefficient (Wildman–Crippen LogP) is -2.12. The molecule has 0 spiro atoms. The Kier molecular flexibility index (Phi) is 4.49. The van der Waals surface area contributed by atoms with Crippen LogP contribution in [-0.2, 0) is 4.74 Å². The maximum absolute atomic E-state index is 12.3. The number of hydrogen-bond donors (Lipinski definition) is 6. The molecule has 0 bridgehead atoms. The number of nitrogens with one attached hydrogen (secondary N) is 2. The Hall–Kier alpha value is -1.92. The van der Waals surface area contributed by atoms with Crippen LogP contribution < -0.4 is 21.3 Å². The van der Waals surface area contributed by atoms with Crippen molar-refractivity contribution < 1.29 is 24.9 Å². The monoisotopic (exact) mass is 368 g/mol. The van der Waals surface area contributed by atoms with Gasteiger partial charge in [-0.3, -0.25) is 15.1 Å². The summed E-state index contributed by atoms with van der Waals surface area (Å²) in [6, 6.07) is 0. The lowest BCUT2D eigenvalue weighted by atomic mass is 10.1. The summed E-state index contributed by atoms with van der Waals surface area (Å²) in [5, 5.41) is 35.5. The number of aromatic nitrogens is 2. The third-order valence-corrected chi connectivity index (χ3v) is 5.10. The number of ether oxygens (including phenoxy) is 1. The van der Waals surface area contributed by atoms with Crippen LogP contribution >= 0.6 is 0 Å². The molecule has 4 heterocycles. The molecule has 5 unspecified atom stereocenters. The molecule has 7 N–H and O–H groups in total. The summed E-state index contributed by atoms with van der Waals surface area (Å²) in [6.07, 6.45) is -2.15. The highest BCUT2D eigenvalue weighted by Gasteiger charge is 2.46. The Morgan fingerprint density at radius 2 is 1.92 bits per heavy atom. The lowest BCUT2D eigenvalue weighted by Crippen LogP contribution is -2.51. The third-order valence-electron chi connectivity index (χ3n) is 5.10. The number of nitrogens with zero attached hydrogens (tertiary/aromatic N) is 3. The zero-order chi connectivity index (χ0) is 18.4. The molecular formula is C15H24N6O5. The van der Waals surface area contributed by atoms with E-state index in [9.17, 15) is 20.1 Å². The van der Waals surface area contributed by atoms with Gasteiger partial charge in [-0.15, -0.1) is 0 Å². The second-order valence-corrected chi connectivity index (χ2v) is 6.85. The van der Waals surface area contributed by atoms with E-state index in [1.54, 1.807) is 4.57 Å². The van der Waals surface area contributed by atoms with E-state index >= 15 is 0 Å². The predicted molar refractivity (Wildman–Crippen MR) is 90.4 cm³/mol. The van der Waals surface area contributed by atoms with Gasteiger partial charge in [0.1, 0.15) is 24.1 Å². The van der Waals surface area contributed by atoms with Crippen LogP contribution in [0.5, 0.6) is 0 Å². The lowest BCUT2D eigenvalue weighted by Gasteiger charge is -2.31. The smallest absolute Gasteiger partial charge is 0.276 e. The van der Waals surface area contributed by atoms with Crippen LogP contribution in [0.15, 0.2) is 0 Å². The molecule has 3 aliphatic heterocycles. The van der Waals surface area contributed by atoms with E-state index in [1.807, 2.05) is 4.90 Å². The minimum Gasteiger partial charge on any atom is -0.394 e. The van der Waals surface area contributed by atoms with E-state index in [0.29, 0.717) is 11.8 Å². The number of rotatable bonds is 3. The standard InChI is InChI=1S/C15H24N6O5/c16-14-18-11-8(12(25)19-14)17-15(20-4-2-1-3-5-20)21(11)13-10(24)9(23)7(6-22)26-13/h7,9-10,13-14,18,22-24H,1-6,16H2,(H,19,25). The molecule has 5 atom stereocenters. The van der Waals surface area contributed by atoms with Crippen LogP contribution in [0.2, 0.25) is 0 Å². The Morgan fingerprint density at radius 3 is 2.58 bits per heavy atom. The molecule has 0 aliphatic carbocycles. The molecule has 1 amide bonds.